The predicted octanol–water partition coefficient (Wildman–Crippen LogP) is 0.630. The maximum Gasteiger partial charge on any atom is 0.143 e. The Balaban J connectivity index is 2.89. The first-order valence-electron chi connectivity index (χ1n) is 4.00. The summed E-state index contributed by atoms with van der Waals surface area (Å²) in [5.74, 6) is 5.54. The van der Waals surface area contributed by atoms with Gasteiger partial charge < -0.3 is 0 Å². The molecule has 0 aromatic heterocycles. The summed E-state index contributed by atoms with van der Waals surface area (Å²) in [7, 11) is 1.70. The number of rotatable bonds is 2. The molecule has 0 aliphatic heterocycles. The van der Waals surface area contributed by atoms with E-state index < -0.39 is 0 Å². The molecule has 1 aromatic rings. The number of nitrogens with two attached hydrogens (primary N) is 1. The largest absolute Gasteiger partial charge is 0.283 e. The molecule has 0 aliphatic rings. The number of amidine groups is 1. The second-order valence-electron chi connectivity index (χ2n) is 2.91. The van der Waals surface area contributed by atoms with E-state index in [2.05, 4.69) is 5.53 Å². The number of nitrogens with one attached hydrogen (secondary N) is 2. The SMILES string of the molecule is Cc1cccc(C(=N)N(C)NN)c1. The van der Waals surface area contributed by atoms with Crippen LogP contribution in [0.1, 0.15) is 11.1 Å². The van der Waals surface area contributed by atoms with Gasteiger partial charge in [0.2, 0.25) is 0 Å². The van der Waals surface area contributed by atoms with Gasteiger partial charge in [-0.15, -0.1) is 0 Å². The van der Waals surface area contributed by atoms with Crippen molar-refractivity contribution >= 4 is 5.84 Å². The predicted molar refractivity (Wildman–Crippen MR) is 53.1 cm³/mol. The van der Waals surface area contributed by atoms with E-state index >= 15 is 0 Å². The number of benzene rings is 1. The van der Waals surface area contributed by atoms with E-state index in [0.29, 0.717) is 5.84 Å². The number of hydrazine groups is 2. The molecule has 0 saturated carbocycles. The molecule has 0 bridgehead atoms. The number of nitrogens with zero attached hydrogens (tertiary/aromatic N) is 1. The highest BCUT2D eigenvalue weighted by Crippen LogP contribution is 2.05. The molecule has 0 amide bonds. The van der Waals surface area contributed by atoms with Crippen LogP contribution >= 0.6 is 0 Å². The lowest BCUT2D eigenvalue weighted by molar-refractivity contribution is 0.375. The molecule has 1 aromatic carbocycles. The fourth-order valence-electron chi connectivity index (χ4n) is 1.05. The molecule has 0 radical (unpaired) electrons. The summed E-state index contributed by atoms with van der Waals surface area (Å²) in [5, 5.41) is 9.17. The highest BCUT2D eigenvalue weighted by Gasteiger charge is 2.04. The lowest BCUT2D eigenvalue weighted by Gasteiger charge is -2.17. The molecule has 1 rings (SSSR count). The van der Waals surface area contributed by atoms with Crippen LogP contribution in [0.2, 0.25) is 0 Å². The highest BCUT2D eigenvalue weighted by molar-refractivity contribution is 5.95. The zero-order chi connectivity index (χ0) is 9.84. The van der Waals surface area contributed by atoms with Crippen molar-refractivity contribution in [1.29, 1.82) is 5.41 Å². The molecule has 0 heterocycles. The van der Waals surface area contributed by atoms with Gasteiger partial charge in [-0.25, -0.2) is 0 Å². The molecule has 4 heteroatoms. The van der Waals surface area contributed by atoms with Gasteiger partial charge in [0.15, 0.2) is 0 Å². The Morgan fingerprint density at radius 2 is 2.23 bits per heavy atom. The molecule has 70 valence electrons. The Bertz CT molecular complexity index is 308. The molecule has 13 heavy (non-hydrogen) atoms. The zero-order valence-corrected chi connectivity index (χ0v) is 7.83. The van der Waals surface area contributed by atoms with Gasteiger partial charge in [0, 0.05) is 12.6 Å². The Morgan fingerprint density at radius 1 is 1.54 bits per heavy atom. The minimum absolute atomic E-state index is 0.353. The third kappa shape index (κ3) is 2.27. The van der Waals surface area contributed by atoms with Crippen LogP contribution in [0.5, 0.6) is 0 Å². The van der Waals surface area contributed by atoms with Gasteiger partial charge in [0.25, 0.3) is 0 Å². The van der Waals surface area contributed by atoms with Crippen LogP contribution in [0.4, 0.5) is 0 Å². The van der Waals surface area contributed by atoms with Crippen LogP contribution in [0.3, 0.4) is 0 Å². The molecular weight excluding hydrogens is 164 g/mol. The molecule has 0 spiro atoms. The van der Waals surface area contributed by atoms with Crippen LogP contribution < -0.4 is 11.4 Å². The van der Waals surface area contributed by atoms with E-state index in [1.54, 1.807) is 7.05 Å². The fourth-order valence-corrected chi connectivity index (χ4v) is 1.05. The number of hydrogen-bond donors (Lipinski definition) is 3. The summed E-state index contributed by atoms with van der Waals surface area (Å²) in [6, 6.07) is 7.73. The van der Waals surface area contributed by atoms with E-state index in [0.717, 1.165) is 11.1 Å². The normalized spacial score (nSPS) is 9.77. The first kappa shape index (κ1) is 9.70. The van der Waals surface area contributed by atoms with Gasteiger partial charge in [0.05, 0.1) is 0 Å². The second-order valence-corrected chi connectivity index (χ2v) is 2.91. The van der Waals surface area contributed by atoms with Crippen LogP contribution in [0.25, 0.3) is 0 Å². The number of hydrogen-bond acceptors (Lipinski definition) is 3. The van der Waals surface area contributed by atoms with Crippen molar-refractivity contribution < 1.29 is 0 Å². The lowest BCUT2D eigenvalue weighted by atomic mass is 10.1. The van der Waals surface area contributed by atoms with Gasteiger partial charge in [-0.2, -0.15) is 5.53 Å². The van der Waals surface area contributed by atoms with Crippen molar-refractivity contribution in [2.24, 2.45) is 5.84 Å². The Labute approximate surface area is 77.8 Å². The van der Waals surface area contributed by atoms with Gasteiger partial charge in [-0.3, -0.25) is 16.3 Å². The standard InChI is InChI=1S/C9H14N4/c1-7-4-3-5-8(6-7)9(10)13(2)12-11/h3-6,10,12H,11H2,1-2H3. The van der Waals surface area contributed by atoms with E-state index in [1.807, 2.05) is 31.2 Å². The average molecular weight is 178 g/mol. The smallest absolute Gasteiger partial charge is 0.143 e. The van der Waals surface area contributed by atoms with Gasteiger partial charge in [0.1, 0.15) is 5.84 Å². The average Bonchev–Trinajstić information content (AvgIpc) is 2.15. The quantitative estimate of drug-likeness (QED) is 0.269. The topological polar surface area (TPSA) is 65.1 Å². The van der Waals surface area contributed by atoms with Crippen molar-refractivity contribution in [3.05, 3.63) is 35.4 Å². The van der Waals surface area contributed by atoms with Crippen molar-refractivity contribution in [3.8, 4) is 0 Å². The van der Waals surface area contributed by atoms with Crippen molar-refractivity contribution in [1.82, 2.24) is 10.5 Å². The fraction of sp³-hybridized carbons (Fsp3) is 0.222. The summed E-state index contributed by atoms with van der Waals surface area (Å²) in [6.07, 6.45) is 0. The summed E-state index contributed by atoms with van der Waals surface area (Å²) < 4.78 is 0. The molecule has 0 saturated heterocycles. The Hall–Kier alpha value is -1.39. The first-order chi connectivity index (χ1) is 6.15. The minimum atomic E-state index is 0.353. The van der Waals surface area contributed by atoms with E-state index in [-0.39, 0.29) is 0 Å². The van der Waals surface area contributed by atoms with Gasteiger partial charge in [-0.1, -0.05) is 23.8 Å². The van der Waals surface area contributed by atoms with Crippen LogP contribution in [0.15, 0.2) is 24.3 Å². The third-order valence-electron chi connectivity index (χ3n) is 1.82. The molecule has 4 N–H and O–H groups in total. The summed E-state index contributed by atoms with van der Waals surface area (Å²) in [5.41, 5.74) is 4.37. The monoisotopic (exact) mass is 178 g/mol. The molecule has 0 fully saturated rings. The van der Waals surface area contributed by atoms with Crippen LogP contribution in [-0.2, 0) is 0 Å². The first-order valence-corrected chi connectivity index (χ1v) is 4.00. The van der Waals surface area contributed by atoms with Crippen LogP contribution in [-0.4, -0.2) is 17.9 Å². The summed E-state index contributed by atoms with van der Waals surface area (Å²) >= 11 is 0. The lowest BCUT2D eigenvalue weighted by Crippen LogP contribution is -2.43. The Kier molecular flexibility index (Phi) is 3.00. The second kappa shape index (κ2) is 4.02. The van der Waals surface area contributed by atoms with Gasteiger partial charge in [-0.05, 0) is 13.0 Å². The molecule has 0 atom stereocenters. The molecule has 0 aliphatic carbocycles. The van der Waals surface area contributed by atoms with Crippen molar-refractivity contribution in [2.45, 2.75) is 6.92 Å². The van der Waals surface area contributed by atoms with Gasteiger partial charge >= 0.3 is 0 Å². The third-order valence-corrected chi connectivity index (χ3v) is 1.82. The van der Waals surface area contributed by atoms with E-state index in [4.69, 9.17) is 11.3 Å². The van der Waals surface area contributed by atoms with Crippen LogP contribution in [0, 0.1) is 12.3 Å². The maximum absolute atomic E-state index is 7.72. The zero-order valence-electron chi connectivity index (χ0n) is 7.83. The Morgan fingerprint density at radius 3 is 2.77 bits per heavy atom. The maximum atomic E-state index is 7.72. The molecule has 0 unspecified atom stereocenters. The summed E-state index contributed by atoms with van der Waals surface area (Å²) in [6.45, 7) is 1.99. The number of aryl methyl sites for hydroxylation is 1. The van der Waals surface area contributed by atoms with E-state index in [1.165, 1.54) is 5.01 Å². The molecule has 4 nitrogen and oxygen atoms in total. The summed E-state index contributed by atoms with van der Waals surface area (Å²) in [4.78, 5) is 0. The molecular formula is C9H14N4. The minimum Gasteiger partial charge on any atom is -0.283 e. The van der Waals surface area contributed by atoms with Crippen molar-refractivity contribution in [2.75, 3.05) is 7.05 Å². The highest BCUT2D eigenvalue weighted by atomic mass is 15.6. The van der Waals surface area contributed by atoms with Crippen molar-refractivity contribution in [3.63, 3.8) is 0 Å². The van der Waals surface area contributed by atoms with E-state index in [9.17, 15) is 0 Å².